The van der Waals surface area contributed by atoms with Gasteiger partial charge < -0.3 is 5.11 Å². The summed E-state index contributed by atoms with van der Waals surface area (Å²) >= 11 is 0. The quantitative estimate of drug-likeness (QED) is 0.251. The number of tetrazole rings is 2. The Morgan fingerprint density at radius 1 is 0.622 bits per heavy atom. The molecule has 0 bridgehead atoms. The topological polar surface area (TPSA) is 107 Å². The molecule has 2 aromatic heterocycles. The number of aromatic nitrogens is 8. The molecule has 0 aliphatic carbocycles. The predicted octanol–water partition coefficient (Wildman–Crippen LogP) is 5.04. The van der Waals surface area contributed by atoms with E-state index in [2.05, 4.69) is 31.1 Å². The van der Waals surface area contributed by atoms with E-state index < -0.39 is 17.2 Å². The van der Waals surface area contributed by atoms with Crippen molar-refractivity contribution >= 4 is 11.6 Å². The summed E-state index contributed by atoms with van der Waals surface area (Å²) in [4.78, 5) is 0. The smallest absolute Gasteiger partial charge is 0.175 e. The van der Waals surface area contributed by atoms with Crippen molar-refractivity contribution in [2.45, 2.75) is 12.0 Å². The van der Waals surface area contributed by atoms with Crippen LogP contribution in [0.5, 0.6) is 0 Å². The van der Waals surface area contributed by atoms with Crippen LogP contribution in [0.4, 0.5) is 17.6 Å². The summed E-state index contributed by atoms with van der Waals surface area (Å²) in [5.74, 6) is -0.457. The Morgan fingerprint density at radius 2 is 1.02 bits per heavy atom. The van der Waals surface area contributed by atoms with E-state index in [9.17, 15) is 22.7 Å². The minimum absolute atomic E-state index is 0.0633. The van der Waals surface area contributed by atoms with E-state index in [0.29, 0.717) is 22.8 Å². The van der Waals surface area contributed by atoms with Crippen LogP contribution in [0.1, 0.15) is 33.9 Å². The lowest BCUT2D eigenvalue weighted by Gasteiger charge is -2.28. The number of hydrogen-bond donors (Lipinski definition) is 1. The third-order valence-corrected chi connectivity index (χ3v) is 7.00. The molecule has 9 nitrogen and oxygen atoms in total. The first kappa shape index (κ1) is 30.9. The summed E-state index contributed by atoms with van der Waals surface area (Å²) < 4.78 is 55.7. The second kappa shape index (κ2) is 13.4. The van der Waals surface area contributed by atoms with Crippen molar-refractivity contribution in [3.8, 4) is 0 Å². The van der Waals surface area contributed by atoms with Crippen LogP contribution in [0, 0.1) is 23.3 Å². The lowest BCUT2D eigenvalue weighted by atomic mass is 9.83. The lowest BCUT2D eigenvalue weighted by Crippen LogP contribution is -2.31. The summed E-state index contributed by atoms with van der Waals surface area (Å²) in [7, 11) is 3.38. The van der Waals surface area contributed by atoms with Gasteiger partial charge in [0.25, 0.3) is 0 Å². The first-order valence-corrected chi connectivity index (χ1v) is 13.5. The Bertz CT molecular complexity index is 1790. The Hall–Kier alpha value is -5.56. The highest BCUT2D eigenvalue weighted by atomic mass is 19.1. The van der Waals surface area contributed by atoms with Crippen LogP contribution in [0.3, 0.4) is 0 Å². The van der Waals surface area contributed by atoms with Gasteiger partial charge in [-0.25, -0.2) is 26.9 Å². The molecule has 0 atom stereocenters. The molecule has 13 heteroatoms. The van der Waals surface area contributed by atoms with Crippen molar-refractivity contribution in [3.63, 3.8) is 0 Å². The Kier molecular flexibility index (Phi) is 9.19. The average Bonchev–Trinajstić information content (AvgIpc) is 3.64. The van der Waals surface area contributed by atoms with Crippen molar-refractivity contribution in [2.75, 3.05) is 0 Å². The van der Waals surface area contributed by atoms with Gasteiger partial charge in [-0.3, -0.25) is 0 Å². The number of nitrogens with zero attached hydrogens (tertiary/aromatic N) is 8. The molecule has 45 heavy (non-hydrogen) atoms. The van der Waals surface area contributed by atoms with E-state index in [0.717, 1.165) is 16.7 Å². The van der Waals surface area contributed by atoms with Crippen LogP contribution in [-0.2, 0) is 26.1 Å². The first-order chi connectivity index (χ1) is 21.6. The van der Waals surface area contributed by atoms with Gasteiger partial charge in [-0.2, -0.15) is 0 Å². The van der Waals surface area contributed by atoms with Gasteiger partial charge in [-0.05, 0) is 103 Å². The van der Waals surface area contributed by atoms with Crippen molar-refractivity contribution in [2.24, 2.45) is 14.1 Å². The molecule has 0 spiro atoms. The maximum Gasteiger partial charge on any atom is 0.175 e. The maximum absolute atomic E-state index is 13.2. The number of benzene rings is 4. The molecule has 0 unspecified atom stereocenters. The van der Waals surface area contributed by atoms with Gasteiger partial charge in [0, 0.05) is 20.5 Å². The molecule has 6 rings (SSSR count). The van der Waals surface area contributed by atoms with Crippen LogP contribution >= 0.6 is 0 Å². The number of hydrogen-bond acceptors (Lipinski definition) is 7. The monoisotopic (exact) mass is 614 g/mol. The van der Waals surface area contributed by atoms with Gasteiger partial charge in [-0.1, -0.05) is 48.5 Å². The van der Waals surface area contributed by atoms with Crippen LogP contribution in [-0.4, -0.2) is 45.5 Å². The largest absolute Gasteiger partial charge is 0.380 e. The number of halogens is 4. The number of rotatable bonds is 7. The van der Waals surface area contributed by atoms with E-state index in [4.69, 9.17) is 0 Å². The first-order valence-electron chi connectivity index (χ1n) is 13.5. The highest BCUT2D eigenvalue weighted by molar-refractivity contribution is 5.90. The number of aryl methyl sites for hydroxylation is 2. The van der Waals surface area contributed by atoms with Gasteiger partial charge >= 0.3 is 0 Å². The van der Waals surface area contributed by atoms with Crippen LogP contribution in [0.2, 0.25) is 0 Å². The molecular weight excluding hydrogens is 588 g/mol. The van der Waals surface area contributed by atoms with E-state index in [-0.39, 0.29) is 18.1 Å². The molecule has 228 valence electrons. The second-order valence-electron chi connectivity index (χ2n) is 10.0. The predicted molar refractivity (Wildman–Crippen MR) is 157 cm³/mol. The number of aliphatic hydroxyl groups is 1. The van der Waals surface area contributed by atoms with Crippen molar-refractivity contribution in [1.29, 1.82) is 0 Å². The minimum Gasteiger partial charge on any atom is -0.380 e. The molecule has 0 fully saturated rings. The average molecular weight is 615 g/mol. The highest BCUT2D eigenvalue weighted by Gasteiger charge is 2.34. The van der Waals surface area contributed by atoms with Gasteiger partial charge in [0.05, 0.1) is 0 Å². The van der Waals surface area contributed by atoms with Gasteiger partial charge in [0.1, 0.15) is 28.9 Å². The minimum atomic E-state index is -1.51. The van der Waals surface area contributed by atoms with E-state index in [1.807, 2.05) is 0 Å². The molecule has 0 aliphatic rings. The maximum atomic E-state index is 13.2. The normalized spacial score (nSPS) is 11.1. The van der Waals surface area contributed by atoms with Crippen molar-refractivity contribution in [3.05, 3.63) is 154 Å². The van der Waals surface area contributed by atoms with Crippen LogP contribution in [0.15, 0.2) is 97.1 Å². The zero-order valence-electron chi connectivity index (χ0n) is 24.1. The molecule has 0 aliphatic heterocycles. The highest BCUT2D eigenvalue weighted by Crippen LogP contribution is 2.33. The standard InChI is InChI=1S/C16H14F2N4O.C16H12F2N4/c1-22-15(19-20-21-22)10-16(23,11-2-6-13(17)7-3-11)12-4-8-14(18)9-5-12;1-22-16(19-20-21-22)10-15(11-2-6-13(17)7-3-11)12-4-8-14(18)9-5-12/h2-9,23H,10H2,1H3;2-10H,1H3. The summed E-state index contributed by atoms with van der Waals surface area (Å²) in [6.45, 7) is 0. The molecule has 2 heterocycles. The van der Waals surface area contributed by atoms with Crippen LogP contribution < -0.4 is 0 Å². The lowest BCUT2D eigenvalue weighted by molar-refractivity contribution is 0.0776. The molecule has 0 saturated carbocycles. The zero-order chi connectivity index (χ0) is 32.0. The van der Waals surface area contributed by atoms with Gasteiger partial charge in [0.15, 0.2) is 11.6 Å². The summed E-state index contributed by atoms with van der Waals surface area (Å²) in [6.07, 6.45) is 1.84. The van der Waals surface area contributed by atoms with Crippen molar-refractivity contribution < 1.29 is 22.7 Å². The van der Waals surface area contributed by atoms with Crippen LogP contribution in [0.25, 0.3) is 11.6 Å². The molecule has 0 radical (unpaired) electrons. The van der Waals surface area contributed by atoms with Gasteiger partial charge in [0.2, 0.25) is 0 Å². The molecule has 0 saturated heterocycles. The Morgan fingerprint density at radius 3 is 1.40 bits per heavy atom. The van der Waals surface area contributed by atoms with Gasteiger partial charge in [-0.15, -0.1) is 10.2 Å². The molecule has 0 amide bonds. The molecule has 4 aromatic carbocycles. The third-order valence-electron chi connectivity index (χ3n) is 7.00. The van der Waals surface area contributed by atoms with E-state index in [1.54, 1.807) is 44.4 Å². The SMILES string of the molecule is Cn1nnnc1C=C(c1ccc(F)cc1)c1ccc(F)cc1.Cn1nnnc1CC(O)(c1ccc(F)cc1)c1ccc(F)cc1. The summed E-state index contributed by atoms with van der Waals surface area (Å²) in [5.41, 5.74) is 1.77. The Labute approximate surface area is 255 Å². The fraction of sp³-hybridized carbons (Fsp3) is 0.125. The third kappa shape index (κ3) is 7.33. The molecule has 1 N–H and O–H groups in total. The van der Waals surface area contributed by atoms with E-state index in [1.165, 1.54) is 82.2 Å². The molecular formula is C32H26F4N8O. The second-order valence-corrected chi connectivity index (χ2v) is 10.0. The Balaban J connectivity index is 0.000000178. The van der Waals surface area contributed by atoms with Crippen molar-refractivity contribution in [1.82, 2.24) is 40.4 Å². The zero-order valence-corrected chi connectivity index (χ0v) is 24.1. The fourth-order valence-electron chi connectivity index (χ4n) is 4.53. The fourth-order valence-corrected chi connectivity index (χ4v) is 4.53. The summed E-state index contributed by atoms with van der Waals surface area (Å²) in [6, 6.07) is 23.2. The summed E-state index contributed by atoms with van der Waals surface area (Å²) in [5, 5.41) is 33.7. The van der Waals surface area contributed by atoms with E-state index >= 15 is 0 Å². The molecule has 6 aromatic rings.